The minimum Gasteiger partial charge on any atom is -0.497 e. The molecule has 0 bridgehead atoms. The molecule has 0 saturated heterocycles. The lowest BCUT2D eigenvalue weighted by molar-refractivity contribution is 0.415. The summed E-state index contributed by atoms with van der Waals surface area (Å²) >= 11 is 0. The van der Waals surface area contributed by atoms with Gasteiger partial charge in [0, 0.05) is 31.0 Å². The van der Waals surface area contributed by atoms with E-state index in [2.05, 4.69) is 36.1 Å². The highest BCUT2D eigenvalue weighted by molar-refractivity contribution is 5.67. The molecule has 0 heterocycles. The summed E-state index contributed by atoms with van der Waals surface area (Å²) in [5.41, 5.74) is 10.4. The molecular formula is C16H20N2O. The number of aryl methyl sites for hydroxylation is 1. The Balaban J connectivity index is 2.42. The highest BCUT2D eigenvalue weighted by Crippen LogP contribution is 2.29. The molecule has 0 unspecified atom stereocenters. The Morgan fingerprint density at radius 3 is 2.63 bits per heavy atom. The van der Waals surface area contributed by atoms with Gasteiger partial charge in [-0.2, -0.15) is 0 Å². The monoisotopic (exact) mass is 256 g/mol. The van der Waals surface area contributed by atoms with Crippen LogP contribution in [0, 0.1) is 6.92 Å². The zero-order valence-corrected chi connectivity index (χ0v) is 11.7. The van der Waals surface area contributed by atoms with Gasteiger partial charge in [0.2, 0.25) is 0 Å². The van der Waals surface area contributed by atoms with Crippen LogP contribution in [0.2, 0.25) is 0 Å². The predicted molar refractivity (Wildman–Crippen MR) is 80.1 cm³/mol. The molecule has 2 aromatic carbocycles. The first-order valence-corrected chi connectivity index (χ1v) is 6.33. The minimum absolute atomic E-state index is 0.532. The van der Waals surface area contributed by atoms with Crippen molar-refractivity contribution >= 4 is 11.4 Å². The Hall–Kier alpha value is -2.00. The third kappa shape index (κ3) is 2.88. The Morgan fingerprint density at radius 2 is 1.95 bits per heavy atom. The molecule has 0 atom stereocenters. The molecule has 19 heavy (non-hydrogen) atoms. The molecule has 0 saturated carbocycles. The standard InChI is InChI=1S/C16H20N2O/c1-12-7-8-13(11-17)16(9-12)18(2)14-5-4-6-15(10-14)19-3/h4-10H,11,17H2,1-3H3. The first kappa shape index (κ1) is 13.4. The quantitative estimate of drug-likeness (QED) is 0.912. The molecule has 3 nitrogen and oxygen atoms in total. The molecule has 0 amide bonds. The molecule has 2 aromatic rings. The lowest BCUT2D eigenvalue weighted by Crippen LogP contribution is -2.13. The molecule has 0 fully saturated rings. The summed E-state index contributed by atoms with van der Waals surface area (Å²) in [5.74, 6) is 0.853. The second-order valence-corrected chi connectivity index (χ2v) is 4.60. The van der Waals surface area contributed by atoms with Crippen LogP contribution in [0.4, 0.5) is 11.4 Å². The lowest BCUT2D eigenvalue weighted by atomic mass is 10.1. The predicted octanol–water partition coefficient (Wildman–Crippen LogP) is 3.23. The summed E-state index contributed by atoms with van der Waals surface area (Å²) in [6, 6.07) is 14.3. The highest BCUT2D eigenvalue weighted by Gasteiger charge is 2.09. The SMILES string of the molecule is COc1cccc(N(C)c2cc(C)ccc2CN)c1. The van der Waals surface area contributed by atoms with E-state index in [9.17, 15) is 0 Å². The van der Waals surface area contributed by atoms with Crippen LogP contribution in [0.1, 0.15) is 11.1 Å². The fourth-order valence-corrected chi connectivity index (χ4v) is 2.12. The number of hydrogen-bond acceptors (Lipinski definition) is 3. The number of hydrogen-bond donors (Lipinski definition) is 1. The van der Waals surface area contributed by atoms with Crippen LogP contribution in [-0.4, -0.2) is 14.2 Å². The van der Waals surface area contributed by atoms with Crippen molar-refractivity contribution < 1.29 is 4.74 Å². The van der Waals surface area contributed by atoms with Crippen LogP contribution in [0.5, 0.6) is 5.75 Å². The highest BCUT2D eigenvalue weighted by atomic mass is 16.5. The van der Waals surface area contributed by atoms with Crippen LogP contribution in [0.25, 0.3) is 0 Å². The van der Waals surface area contributed by atoms with Gasteiger partial charge < -0.3 is 15.4 Å². The van der Waals surface area contributed by atoms with Gasteiger partial charge in [-0.1, -0.05) is 18.2 Å². The van der Waals surface area contributed by atoms with Crippen LogP contribution in [-0.2, 0) is 6.54 Å². The van der Waals surface area contributed by atoms with E-state index in [-0.39, 0.29) is 0 Å². The molecule has 2 N–H and O–H groups in total. The Labute approximate surface area is 114 Å². The number of rotatable bonds is 4. The molecule has 0 aromatic heterocycles. The summed E-state index contributed by atoms with van der Waals surface area (Å²) in [6.07, 6.45) is 0. The molecule has 0 aliphatic carbocycles. The van der Waals surface area contributed by atoms with E-state index in [1.807, 2.05) is 25.2 Å². The Morgan fingerprint density at radius 1 is 1.16 bits per heavy atom. The molecule has 3 heteroatoms. The van der Waals surface area contributed by atoms with Gasteiger partial charge in [-0.15, -0.1) is 0 Å². The van der Waals surface area contributed by atoms with E-state index < -0.39 is 0 Å². The van der Waals surface area contributed by atoms with Crippen molar-refractivity contribution in [3.8, 4) is 5.75 Å². The van der Waals surface area contributed by atoms with Crippen molar-refractivity contribution in [1.82, 2.24) is 0 Å². The summed E-state index contributed by atoms with van der Waals surface area (Å²) in [6.45, 7) is 2.62. The van der Waals surface area contributed by atoms with E-state index in [1.165, 1.54) is 5.56 Å². The number of nitrogens with two attached hydrogens (primary N) is 1. The Kier molecular flexibility index (Phi) is 4.07. The van der Waals surface area contributed by atoms with E-state index in [0.717, 1.165) is 22.7 Å². The van der Waals surface area contributed by atoms with Crippen LogP contribution >= 0.6 is 0 Å². The zero-order chi connectivity index (χ0) is 13.8. The molecular weight excluding hydrogens is 236 g/mol. The van der Waals surface area contributed by atoms with Crippen LogP contribution in [0.3, 0.4) is 0 Å². The Bertz CT molecular complexity index is 566. The number of ether oxygens (including phenoxy) is 1. The van der Waals surface area contributed by atoms with Gasteiger partial charge in [-0.3, -0.25) is 0 Å². The van der Waals surface area contributed by atoms with Crippen molar-refractivity contribution in [2.75, 3.05) is 19.1 Å². The normalized spacial score (nSPS) is 10.3. The van der Waals surface area contributed by atoms with Gasteiger partial charge >= 0.3 is 0 Å². The first-order valence-electron chi connectivity index (χ1n) is 6.33. The average Bonchev–Trinajstić information content (AvgIpc) is 2.46. The van der Waals surface area contributed by atoms with Gasteiger partial charge in [-0.25, -0.2) is 0 Å². The second kappa shape index (κ2) is 5.76. The summed E-state index contributed by atoms with van der Waals surface area (Å²) in [7, 11) is 3.72. The summed E-state index contributed by atoms with van der Waals surface area (Å²) in [5, 5.41) is 0. The van der Waals surface area contributed by atoms with E-state index >= 15 is 0 Å². The maximum absolute atomic E-state index is 5.82. The fourth-order valence-electron chi connectivity index (χ4n) is 2.12. The first-order chi connectivity index (χ1) is 9.15. The maximum Gasteiger partial charge on any atom is 0.120 e. The second-order valence-electron chi connectivity index (χ2n) is 4.60. The fraction of sp³-hybridized carbons (Fsp3) is 0.250. The third-order valence-corrected chi connectivity index (χ3v) is 3.26. The van der Waals surface area contributed by atoms with Crippen molar-refractivity contribution in [2.45, 2.75) is 13.5 Å². The topological polar surface area (TPSA) is 38.5 Å². The molecule has 100 valence electrons. The number of anilines is 2. The summed E-state index contributed by atoms with van der Waals surface area (Å²) < 4.78 is 5.27. The van der Waals surface area contributed by atoms with Crippen molar-refractivity contribution in [3.63, 3.8) is 0 Å². The van der Waals surface area contributed by atoms with Gasteiger partial charge in [0.15, 0.2) is 0 Å². The lowest BCUT2D eigenvalue weighted by Gasteiger charge is -2.23. The van der Waals surface area contributed by atoms with E-state index in [4.69, 9.17) is 10.5 Å². The van der Waals surface area contributed by atoms with Crippen molar-refractivity contribution in [1.29, 1.82) is 0 Å². The zero-order valence-electron chi connectivity index (χ0n) is 11.7. The molecule has 2 rings (SSSR count). The van der Waals surface area contributed by atoms with Gasteiger partial charge in [0.25, 0.3) is 0 Å². The smallest absolute Gasteiger partial charge is 0.120 e. The largest absolute Gasteiger partial charge is 0.497 e. The average molecular weight is 256 g/mol. The van der Waals surface area contributed by atoms with E-state index in [0.29, 0.717) is 6.54 Å². The van der Waals surface area contributed by atoms with Gasteiger partial charge in [-0.05, 0) is 36.2 Å². The summed E-state index contributed by atoms with van der Waals surface area (Å²) in [4.78, 5) is 2.14. The molecule has 0 aliphatic rings. The molecule has 0 radical (unpaired) electrons. The minimum atomic E-state index is 0.532. The van der Waals surface area contributed by atoms with Crippen LogP contribution in [0.15, 0.2) is 42.5 Å². The molecule has 0 spiro atoms. The maximum atomic E-state index is 5.82. The van der Waals surface area contributed by atoms with Gasteiger partial charge in [0.1, 0.15) is 5.75 Å². The third-order valence-electron chi connectivity index (χ3n) is 3.26. The van der Waals surface area contributed by atoms with Crippen molar-refractivity contribution in [2.24, 2.45) is 5.73 Å². The van der Waals surface area contributed by atoms with Crippen molar-refractivity contribution in [3.05, 3.63) is 53.6 Å². The number of nitrogens with zero attached hydrogens (tertiary/aromatic N) is 1. The molecule has 0 aliphatic heterocycles. The number of methoxy groups -OCH3 is 1. The van der Waals surface area contributed by atoms with E-state index in [1.54, 1.807) is 7.11 Å². The van der Waals surface area contributed by atoms with Gasteiger partial charge in [0.05, 0.1) is 7.11 Å². The number of benzene rings is 2. The van der Waals surface area contributed by atoms with Crippen LogP contribution < -0.4 is 15.4 Å².